The van der Waals surface area contributed by atoms with Crippen molar-refractivity contribution >= 4 is 6.09 Å². The van der Waals surface area contributed by atoms with Gasteiger partial charge in [0.05, 0.1) is 6.61 Å². The molecule has 1 saturated heterocycles. The molecule has 0 aromatic heterocycles. The molecule has 1 saturated carbocycles. The van der Waals surface area contributed by atoms with Gasteiger partial charge in [-0.15, -0.1) is 0 Å². The Labute approximate surface area is 123 Å². The molecule has 0 aromatic carbocycles. The second kappa shape index (κ2) is 7.87. The molecule has 4 nitrogen and oxygen atoms in total. The highest BCUT2D eigenvalue weighted by Crippen LogP contribution is 2.40. The van der Waals surface area contributed by atoms with Crippen molar-refractivity contribution in [2.24, 2.45) is 11.8 Å². The molecule has 0 aromatic rings. The van der Waals surface area contributed by atoms with Gasteiger partial charge in [0.25, 0.3) is 0 Å². The second-order valence-electron chi connectivity index (χ2n) is 6.18. The van der Waals surface area contributed by atoms with Gasteiger partial charge in [0.1, 0.15) is 0 Å². The maximum atomic E-state index is 12.1. The minimum Gasteiger partial charge on any atom is -0.449 e. The molecular weight excluding hydrogens is 252 g/mol. The molecule has 1 amide bonds. The number of carbonyl (C=O) groups excluding carboxylic acids is 1. The van der Waals surface area contributed by atoms with Gasteiger partial charge in [0.2, 0.25) is 0 Å². The quantitative estimate of drug-likeness (QED) is 0.673. The lowest BCUT2D eigenvalue weighted by atomic mass is 9.94. The van der Waals surface area contributed by atoms with Crippen molar-refractivity contribution in [2.75, 3.05) is 39.3 Å². The standard InChI is InChI=1S/C16H30N2O2/c1-3-17(4-2)10-6-12-20-16(19)18-11-5-7-15(13-18)14-8-9-14/h14-15H,3-13H2,1-2H3. The first-order valence-corrected chi connectivity index (χ1v) is 8.38. The van der Waals surface area contributed by atoms with E-state index in [2.05, 4.69) is 18.7 Å². The van der Waals surface area contributed by atoms with Gasteiger partial charge in [-0.1, -0.05) is 13.8 Å². The zero-order chi connectivity index (χ0) is 14.4. The maximum absolute atomic E-state index is 12.1. The Balaban J connectivity index is 1.61. The van der Waals surface area contributed by atoms with Crippen molar-refractivity contribution in [3.8, 4) is 0 Å². The second-order valence-corrected chi connectivity index (χ2v) is 6.18. The lowest BCUT2D eigenvalue weighted by Gasteiger charge is -2.32. The van der Waals surface area contributed by atoms with E-state index in [-0.39, 0.29) is 6.09 Å². The van der Waals surface area contributed by atoms with E-state index >= 15 is 0 Å². The van der Waals surface area contributed by atoms with Gasteiger partial charge in [0, 0.05) is 19.6 Å². The minimum atomic E-state index is -0.0881. The van der Waals surface area contributed by atoms with E-state index in [0.29, 0.717) is 6.61 Å². The van der Waals surface area contributed by atoms with Gasteiger partial charge in [-0.05, 0) is 57.0 Å². The van der Waals surface area contributed by atoms with Gasteiger partial charge >= 0.3 is 6.09 Å². The average Bonchev–Trinajstić information content (AvgIpc) is 3.32. The molecule has 1 aliphatic heterocycles. The highest BCUT2D eigenvalue weighted by Gasteiger charge is 2.35. The van der Waals surface area contributed by atoms with Crippen molar-refractivity contribution < 1.29 is 9.53 Å². The number of piperidine rings is 1. The van der Waals surface area contributed by atoms with Crippen LogP contribution in [0.1, 0.15) is 46.0 Å². The van der Waals surface area contributed by atoms with E-state index in [9.17, 15) is 4.79 Å². The van der Waals surface area contributed by atoms with E-state index in [0.717, 1.165) is 57.4 Å². The summed E-state index contributed by atoms with van der Waals surface area (Å²) in [5.74, 6) is 1.64. The van der Waals surface area contributed by atoms with Crippen LogP contribution in [0.2, 0.25) is 0 Å². The Bertz CT molecular complexity index is 301. The predicted molar refractivity (Wildman–Crippen MR) is 80.8 cm³/mol. The van der Waals surface area contributed by atoms with Gasteiger partial charge in [-0.25, -0.2) is 4.79 Å². The largest absolute Gasteiger partial charge is 0.449 e. The summed E-state index contributed by atoms with van der Waals surface area (Å²) in [6, 6.07) is 0. The summed E-state index contributed by atoms with van der Waals surface area (Å²) in [7, 11) is 0. The molecule has 1 unspecified atom stereocenters. The number of likely N-dealkylation sites (tertiary alicyclic amines) is 1. The molecule has 0 bridgehead atoms. The van der Waals surface area contributed by atoms with Gasteiger partial charge in [-0.3, -0.25) is 0 Å². The Kier molecular flexibility index (Phi) is 6.14. The highest BCUT2D eigenvalue weighted by molar-refractivity contribution is 5.67. The fourth-order valence-electron chi connectivity index (χ4n) is 3.21. The van der Waals surface area contributed by atoms with Crippen LogP contribution < -0.4 is 0 Å². The van der Waals surface area contributed by atoms with Crippen LogP contribution in [0.3, 0.4) is 0 Å². The molecule has 2 aliphatic rings. The number of hydrogen-bond donors (Lipinski definition) is 0. The van der Waals surface area contributed by atoms with E-state index in [4.69, 9.17) is 4.74 Å². The van der Waals surface area contributed by atoms with Crippen LogP contribution in [0.15, 0.2) is 0 Å². The maximum Gasteiger partial charge on any atom is 0.409 e. The third-order valence-corrected chi connectivity index (χ3v) is 4.74. The lowest BCUT2D eigenvalue weighted by molar-refractivity contribution is 0.0783. The smallest absolute Gasteiger partial charge is 0.409 e. The number of rotatable bonds is 7. The van der Waals surface area contributed by atoms with E-state index in [1.165, 1.54) is 19.3 Å². The van der Waals surface area contributed by atoms with Crippen LogP contribution in [0.4, 0.5) is 4.79 Å². The minimum absolute atomic E-state index is 0.0881. The first-order chi connectivity index (χ1) is 9.74. The first-order valence-electron chi connectivity index (χ1n) is 8.38. The summed E-state index contributed by atoms with van der Waals surface area (Å²) in [6.07, 6.45) is 6.05. The molecule has 2 rings (SSSR count). The van der Waals surface area contributed by atoms with Crippen molar-refractivity contribution in [1.29, 1.82) is 0 Å². The molecule has 1 heterocycles. The highest BCUT2D eigenvalue weighted by atomic mass is 16.6. The molecule has 0 radical (unpaired) electrons. The van der Waals surface area contributed by atoms with Gasteiger partial charge < -0.3 is 14.5 Å². The topological polar surface area (TPSA) is 32.8 Å². The molecule has 1 aliphatic carbocycles. The van der Waals surface area contributed by atoms with E-state index < -0.39 is 0 Å². The van der Waals surface area contributed by atoms with Crippen LogP contribution in [-0.2, 0) is 4.74 Å². The predicted octanol–water partition coefficient (Wildman–Crippen LogP) is 2.98. The molecule has 0 spiro atoms. The van der Waals surface area contributed by atoms with Gasteiger partial charge in [0.15, 0.2) is 0 Å². The first kappa shape index (κ1) is 15.6. The monoisotopic (exact) mass is 282 g/mol. The Morgan fingerprint density at radius 2 is 1.95 bits per heavy atom. The zero-order valence-corrected chi connectivity index (χ0v) is 13.1. The van der Waals surface area contributed by atoms with Crippen LogP contribution in [0.25, 0.3) is 0 Å². The van der Waals surface area contributed by atoms with Crippen molar-refractivity contribution in [3.05, 3.63) is 0 Å². The normalized spacial score (nSPS) is 23.1. The SMILES string of the molecule is CCN(CC)CCCOC(=O)N1CCCC(C2CC2)C1. The zero-order valence-electron chi connectivity index (χ0n) is 13.1. The third-order valence-electron chi connectivity index (χ3n) is 4.74. The summed E-state index contributed by atoms with van der Waals surface area (Å²) in [5.41, 5.74) is 0. The third kappa shape index (κ3) is 4.65. The number of ether oxygens (including phenoxy) is 1. The summed E-state index contributed by atoms with van der Waals surface area (Å²) in [5, 5.41) is 0. The summed E-state index contributed by atoms with van der Waals surface area (Å²) in [6.45, 7) is 9.87. The Morgan fingerprint density at radius 1 is 1.20 bits per heavy atom. The van der Waals surface area contributed by atoms with Crippen LogP contribution >= 0.6 is 0 Å². The summed E-state index contributed by atoms with van der Waals surface area (Å²) >= 11 is 0. The molecule has 1 atom stereocenters. The fourth-order valence-corrected chi connectivity index (χ4v) is 3.21. The lowest BCUT2D eigenvalue weighted by Crippen LogP contribution is -2.41. The van der Waals surface area contributed by atoms with Crippen molar-refractivity contribution in [1.82, 2.24) is 9.80 Å². The van der Waals surface area contributed by atoms with Gasteiger partial charge in [-0.2, -0.15) is 0 Å². The molecule has 20 heavy (non-hydrogen) atoms. The van der Waals surface area contributed by atoms with E-state index in [1.54, 1.807) is 0 Å². The Hall–Kier alpha value is -0.770. The van der Waals surface area contributed by atoms with Crippen LogP contribution in [-0.4, -0.2) is 55.2 Å². The van der Waals surface area contributed by atoms with Crippen molar-refractivity contribution in [2.45, 2.75) is 46.0 Å². The molecule has 0 N–H and O–H groups in total. The molecule has 116 valence electrons. The molecular formula is C16H30N2O2. The van der Waals surface area contributed by atoms with Crippen LogP contribution in [0.5, 0.6) is 0 Å². The number of carbonyl (C=O) groups is 1. The number of amides is 1. The molecule has 4 heteroatoms. The van der Waals surface area contributed by atoms with Crippen molar-refractivity contribution in [3.63, 3.8) is 0 Å². The average molecular weight is 282 g/mol. The summed E-state index contributed by atoms with van der Waals surface area (Å²) < 4.78 is 5.43. The number of nitrogens with zero attached hydrogens (tertiary/aromatic N) is 2. The van der Waals surface area contributed by atoms with E-state index in [1.807, 2.05) is 4.90 Å². The number of hydrogen-bond acceptors (Lipinski definition) is 3. The van der Waals surface area contributed by atoms with Crippen LogP contribution in [0, 0.1) is 11.8 Å². The Morgan fingerprint density at radius 3 is 2.60 bits per heavy atom. The molecule has 2 fully saturated rings. The summed E-state index contributed by atoms with van der Waals surface area (Å²) in [4.78, 5) is 16.4. The fraction of sp³-hybridized carbons (Fsp3) is 0.938.